The lowest BCUT2D eigenvalue weighted by Crippen LogP contribution is -2.48. The van der Waals surface area contributed by atoms with Crippen LogP contribution in [0, 0.1) is 10.7 Å². The molecule has 1 saturated heterocycles. The average Bonchev–Trinajstić information content (AvgIpc) is 2.39. The molecule has 17 heavy (non-hydrogen) atoms. The summed E-state index contributed by atoms with van der Waals surface area (Å²) >= 11 is 1.87. The van der Waals surface area contributed by atoms with E-state index in [9.17, 15) is 4.21 Å². The summed E-state index contributed by atoms with van der Waals surface area (Å²) in [5.74, 6) is 0.930. The second-order valence-electron chi connectivity index (χ2n) is 6.18. The zero-order chi connectivity index (χ0) is 13.4. The standard InChI is InChI=1S/C12H26N2OS2/c1-9-10(8-17(6,13)15)7-11(16-5)14(9)12(2,3)4/h9-11,13H,7-8H2,1-6H3/t9-,10-,11-,17?/m1/s1. The third-order valence-corrected chi connectivity index (χ3v) is 5.54. The first-order valence-corrected chi connectivity index (χ1v) is 9.51. The van der Waals surface area contributed by atoms with Crippen molar-refractivity contribution >= 4 is 21.5 Å². The van der Waals surface area contributed by atoms with Crippen LogP contribution in [-0.2, 0) is 9.73 Å². The highest BCUT2D eigenvalue weighted by atomic mass is 32.2. The monoisotopic (exact) mass is 278 g/mol. The molecule has 0 aliphatic carbocycles. The zero-order valence-electron chi connectivity index (χ0n) is 11.8. The fourth-order valence-electron chi connectivity index (χ4n) is 2.93. The summed E-state index contributed by atoms with van der Waals surface area (Å²) in [6.45, 7) is 8.93. The highest BCUT2D eigenvalue weighted by molar-refractivity contribution is 7.99. The van der Waals surface area contributed by atoms with Gasteiger partial charge in [-0.25, -0.2) is 0 Å². The first-order valence-electron chi connectivity index (χ1n) is 6.09. The minimum absolute atomic E-state index is 0.137. The summed E-state index contributed by atoms with van der Waals surface area (Å²) in [5, 5.41) is 0.497. The van der Waals surface area contributed by atoms with Crippen LogP contribution in [0.2, 0.25) is 0 Å². The number of likely N-dealkylation sites (tertiary alicyclic amines) is 1. The van der Waals surface area contributed by atoms with Gasteiger partial charge in [-0.15, -0.1) is 11.8 Å². The second-order valence-corrected chi connectivity index (χ2v) is 9.54. The molecule has 0 aromatic rings. The van der Waals surface area contributed by atoms with Crippen LogP contribution in [0.4, 0.5) is 0 Å². The van der Waals surface area contributed by atoms with Crippen LogP contribution < -0.4 is 0 Å². The van der Waals surface area contributed by atoms with Gasteiger partial charge < -0.3 is 0 Å². The molecule has 0 aromatic heterocycles. The van der Waals surface area contributed by atoms with Gasteiger partial charge in [-0.2, -0.15) is 0 Å². The molecule has 0 saturated carbocycles. The predicted octanol–water partition coefficient (Wildman–Crippen LogP) is 2.86. The first-order chi connectivity index (χ1) is 7.56. The number of thioether (sulfide) groups is 1. The lowest BCUT2D eigenvalue weighted by atomic mass is 10.0. The summed E-state index contributed by atoms with van der Waals surface area (Å²) in [6, 6.07) is 0.415. The summed E-state index contributed by atoms with van der Waals surface area (Å²) in [6.07, 6.45) is 4.76. The molecule has 0 amide bonds. The van der Waals surface area contributed by atoms with Gasteiger partial charge in [0.05, 0.1) is 5.37 Å². The van der Waals surface area contributed by atoms with Crippen molar-refractivity contribution in [3.8, 4) is 0 Å². The molecule has 1 N–H and O–H groups in total. The Hall–Kier alpha value is 0.260. The van der Waals surface area contributed by atoms with E-state index < -0.39 is 9.73 Å². The van der Waals surface area contributed by atoms with E-state index in [4.69, 9.17) is 4.78 Å². The molecule has 0 bridgehead atoms. The number of rotatable bonds is 3. The molecule has 0 radical (unpaired) electrons. The van der Waals surface area contributed by atoms with E-state index in [0.717, 1.165) is 6.42 Å². The molecule has 0 spiro atoms. The Bertz CT molecular complexity index is 359. The Labute approximate surface area is 111 Å². The molecule has 1 aliphatic heterocycles. The van der Waals surface area contributed by atoms with Crippen LogP contribution in [0.15, 0.2) is 0 Å². The largest absolute Gasteiger partial charge is 0.284 e. The van der Waals surface area contributed by atoms with Crippen molar-refractivity contribution in [3.63, 3.8) is 0 Å². The minimum Gasteiger partial charge on any atom is -0.284 e. The van der Waals surface area contributed by atoms with Crippen molar-refractivity contribution < 1.29 is 4.21 Å². The van der Waals surface area contributed by atoms with Gasteiger partial charge in [0.15, 0.2) is 0 Å². The van der Waals surface area contributed by atoms with E-state index in [1.165, 1.54) is 0 Å². The van der Waals surface area contributed by atoms with Crippen LogP contribution in [0.5, 0.6) is 0 Å². The third-order valence-electron chi connectivity index (χ3n) is 3.51. The van der Waals surface area contributed by atoms with Crippen LogP contribution >= 0.6 is 11.8 Å². The molecular formula is C12H26N2OS2. The summed E-state index contributed by atoms with van der Waals surface area (Å²) in [7, 11) is -2.38. The third kappa shape index (κ3) is 3.86. The Balaban J connectivity index is 2.89. The average molecular weight is 278 g/mol. The Morgan fingerprint density at radius 2 is 2.00 bits per heavy atom. The fourth-order valence-corrected chi connectivity index (χ4v) is 5.33. The summed E-state index contributed by atoms with van der Waals surface area (Å²) in [4.78, 5) is 2.52. The molecule has 1 rings (SSSR count). The number of hydrogen-bond donors (Lipinski definition) is 1. The number of nitrogens with zero attached hydrogens (tertiary/aromatic N) is 1. The Morgan fingerprint density at radius 1 is 1.47 bits per heavy atom. The normalized spacial score (nSPS) is 34.8. The molecule has 1 aliphatic rings. The molecule has 1 unspecified atom stereocenters. The van der Waals surface area contributed by atoms with Gasteiger partial charge in [0.25, 0.3) is 0 Å². The maximum absolute atomic E-state index is 11.7. The highest BCUT2D eigenvalue weighted by Gasteiger charge is 2.43. The summed E-state index contributed by atoms with van der Waals surface area (Å²) in [5.41, 5.74) is 0.137. The van der Waals surface area contributed by atoms with Crippen molar-refractivity contribution in [1.29, 1.82) is 4.78 Å². The summed E-state index contributed by atoms with van der Waals surface area (Å²) < 4.78 is 19.3. The van der Waals surface area contributed by atoms with Crippen molar-refractivity contribution in [2.45, 2.75) is 51.1 Å². The first kappa shape index (κ1) is 15.3. The van der Waals surface area contributed by atoms with Crippen molar-refractivity contribution in [2.75, 3.05) is 18.3 Å². The van der Waals surface area contributed by atoms with Crippen molar-refractivity contribution in [3.05, 3.63) is 0 Å². The SMILES string of the molecule is CS[C@@H]1C[C@H](CS(C)(=N)=O)[C@@H](C)N1C(C)(C)C. The molecule has 3 nitrogen and oxygen atoms in total. The molecule has 1 heterocycles. The number of hydrogen-bond acceptors (Lipinski definition) is 4. The van der Waals surface area contributed by atoms with E-state index in [1.54, 1.807) is 6.26 Å². The smallest absolute Gasteiger partial charge is 0.0565 e. The van der Waals surface area contributed by atoms with Crippen molar-refractivity contribution in [1.82, 2.24) is 4.90 Å². The van der Waals surface area contributed by atoms with E-state index >= 15 is 0 Å². The van der Waals surface area contributed by atoms with E-state index in [1.807, 2.05) is 11.8 Å². The molecule has 102 valence electrons. The molecule has 4 atom stereocenters. The fraction of sp³-hybridized carbons (Fsp3) is 1.00. The zero-order valence-corrected chi connectivity index (χ0v) is 13.5. The topological polar surface area (TPSA) is 44.2 Å². The number of nitrogens with one attached hydrogen (secondary N) is 1. The minimum atomic E-state index is -2.38. The van der Waals surface area contributed by atoms with E-state index in [2.05, 4.69) is 38.9 Å². The van der Waals surface area contributed by atoms with Gasteiger partial charge in [0, 0.05) is 33.3 Å². The quantitative estimate of drug-likeness (QED) is 0.863. The van der Waals surface area contributed by atoms with Crippen LogP contribution in [0.3, 0.4) is 0 Å². The second kappa shape index (κ2) is 5.10. The van der Waals surface area contributed by atoms with Gasteiger partial charge in [-0.05, 0) is 46.3 Å². The van der Waals surface area contributed by atoms with Gasteiger partial charge in [-0.1, -0.05) is 0 Å². The maximum Gasteiger partial charge on any atom is 0.0565 e. The van der Waals surface area contributed by atoms with Gasteiger partial charge >= 0.3 is 0 Å². The van der Waals surface area contributed by atoms with Gasteiger partial charge in [0.1, 0.15) is 0 Å². The predicted molar refractivity (Wildman–Crippen MR) is 78.1 cm³/mol. The van der Waals surface area contributed by atoms with E-state index in [0.29, 0.717) is 23.1 Å². The van der Waals surface area contributed by atoms with Crippen molar-refractivity contribution in [2.24, 2.45) is 5.92 Å². The van der Waals surface area contributed by atoms with Crippen LogP contribution in [-0.4, -0.2) is 44.3 Å². The van der Waals surface area contributed by atoms with Gasteiger partial charge in [0.2, 0.25) is 0 Å². The lowest BCUT2D eigenvalue weighted by molar-refractivity contribution is 0.109. The maximum atomic E-state index is 11.7. The molecule has 0 aromatic carbocycles. The van der Waals surface area contributed by atoms with Crippen LogP contribution in [0.1, 0.15) is 34.1 Å². The van der Waals surface area contributed by atoms with E-state index in [-0.39, 0.29) is 5.54 Å². The Kier molecular flexibility index (Phi) is 4.59. The highest BCUT2D eigenvalue weighted by Crippen LogP contribution is 2.40. The molecule has 5 heteroatoms. The Morgan fingerprint density at radius 3 is 2.29 bits per heavy atom. The lowest BCUT2D eigenvalue weighted by Gasteiger charge is -2.40. The van der Waals surface area contributed by atoms with Gasteiger partial charge in [-0.3, -0.25) is 13.9 Å². The molecular weight excluding hydrogens is 252 g/mol. The molecule has 1 fully saturated rings. The van der Waals surface area contributed by atoms with Crippen LogP contribution in [0.25, 0.3) is 0 Å².